The van der Waals surface area contributed by atoms with Crippen molar-refractivity contribution in [2.75, 3.05) is 19.8 Å². The Morgan fingerprint density at radius 2 is 2.18 bits per heavy atom. The maximum atomic E-state index is 5.49. The van der Waals surface area contributed by atoms with Gasteiger partial charge in [-0.3, -0.25) is 0 Å². The first-order chi connectivity index (χ1) is 5.14. The second kappa shape index (κ2) is 3.55. The summed E-state index contributed by atoms with van der Waals surface area (Å²) in [5.74, 6) is 0. The highest BCUT2D eigenvalue weighted by atomic mass is 16.6. The van der Waals surface area contributed by atoms with E-state index in [2.05, 4.69) is 20.8 Å². The van der Waals surface area contributed by atoms with Crippen LogP contribution in [-0.4, -0.2) is 25.9 Å². The Morgan fingerprint density at radius 3 is 2.64 bits per heavy atom. The molecule has 1 aliphatic rings. The molecule has 66 valence electrons. The average molecular weight is 158 g/mol. The Hall–Kier alpha value is -0.0800. The van der Waals surface area contributed by atoms with Crippen LogP contribution in [0.5, 0.6) is 0 Å². The molecule has 0 saturated carbocycles. The Bertz CT molecular complexity index is 117. The van der Waals surface area contributed by atoms with Crippen LogP contribution in [0.25, 0.3) is 0 Å². The minimum atomic E-state index is 0.328. The van der Waals surface area contributed by atoms with E-state index in [0.29, 0.717) is 11.5 Å². The number of epoxide rings is 1. The summed E-state index contributed by atoms with van der Waals surface area (Å²) in [5.41, 5.74) is 0.328. The van der Waals surface area contributed by atoms with Crippen LogP contribution in [0.4, 0.5) is 0 Å². The van der Waals surface area contributed by atoms with E-state index in [1.807, 2.05) is 0 Å². The Balaban J connectivity index is 1.99. The van der Waals surface area contributed by atoms with Crippen LogP contribution < -0.4 is 0 Å². The zero-order valence-electron chi connectivity index (χ0n) is 7.72. The summed E-state index contributed by atoms with van der Waals surface area (Å²) < 4.78 is 10.5. The van der Waals surface area contributed by atoms with E-state index in [1.54, 1.807) is 0 Å². The number of ether oxygens (including phenoxy) is 2. The molecule has 0 N–H and O–H groups in total. The number of hydrogen-bond acceptors (Lipinski definition) is 2. The van der Waals surface area contributed by atoms with Gasteiger partial charge >= 0.3 is 0 Å². The van der Waals surface area contributed by atoms with Gasteiger partial charge in [0.1, 0.15) is 6.10 Å². The lowest BCUT2D eigenvalue weighted by Gasteiger charge is -2.21. The van der Waals surface area contributed by atoms with E-state index in [1.165, 1.54) is 6.42 Å². The van der Waals surface area contributed by atoms with Crippen molar-refractivity contribution in [1.29, 1.82) is 0 Å². The molecule has 0 aromatic rings. The van der Waals surface area contributed by atoms with Gasteiger partial charge in [0.2, 0.25) is 0 Å². The first kappa shape index (κ1) is 9.01. The minimum Gasteiger partial charge on any atom is -0.378 e. The molecule has 1 fully saturated rings. The highest BCUT2D eigenvalue weighted by Crippen LogP contribution is 2.20. The highest BCUT2D eigenvalue weighted by molar-refractivity contribution is 4.69. The molecule has 2 heteroatoms. The topological polar surface area (TPSA) is 21.8 Å². The highest BCUT2D eigenvalue weighted by Gasteiger charge is 2.24. The van der Waals surface area contributed by atoms with Crippen molar-refractivity contribution in [3.05, 3.63) is 0 Å². The van der Waals surface area contributed by atoms with Gasteiger partial charge in [0.05, 0.1) is 19.8 Å². The van der Waals surface area contributed by atoms with Crippen LogP contribution in [0.3, 0.4) is 0 Å². The monoisotopic (exact) mass is 158 g/mol. The first-order valence-corrected chi connectivity index (χ1v) is 4.33. The largest absolute Gasteiger partial charge is 0.378 e. The fraction of sp³-hybridized carbons (Fsp3) is 1.00. The smallest absolute Gasteiger partial charge is 0.104 e. The molecule has 0 aliphatic carbocycles. The van der Waals surface area contributed by atoms with Crippen LogP contribution in [0.2, 0.25) is 0 Å². The van der Waals surface area contributed by atoms with Gasteiger partial charge in [-0.05, 0) is 11.8 Å². The Kier molecular flexibility index (Phi) is 2.90. The summed E-state index contributed by atoms with van der Waals surface area (Å²) in [4.78, 5) is 0. The molecule has 1 rings (SSSR count). The molecule has 1 aliphatic heterocycles. The van der Waals surface area contributed by atoms with E-state index in [9.17, 15) is 0 Å². The van der Waals surface area contributed by atoms with Crippen molar-refractivity contribution in [1.82, 2.24) is 0 Å². The summed E-state index contributed by atoms with van der Waals surface area (Å²) in [7, 11) is 0. The normalized spacial score (nSPS) is 23.7. The van der Waals surface area contributed by atoms with Crippen LogP contribution in [0, 0.1) is 5.41 Å². The summed E-state index contributed by atoms with van der Waals surface area (Å²) in [6, 6.07) is 0. The van der Waals surface area contributed by atoms with Crippen molar-refractivity contribution in [2.24, 2.45) is 5.41 Å². The van der Waals surface area contributed by atoms with E-state index in [-0.39, 0.29) is 0 Å². The molecule has 1 heterocycles. The Morgan fingerprint density at radius 1 is 1.55 bits per heavy atom. The average Bonchev–Trinajstić information content (AvgIpc) is 2.71. The lowest BCUT2D eigenvalue weighted by Crippen LogP contribution is -2.19. The molecule has 0 bridgehead atoms. The molecule has 1 saturated heterocycles. The quantitative estimate of drug-likeness (QED) is 0.569. The maximum Gasteiger partial charge on any atom is 0.104 e. The Labute approximate surface area is 68.9 Å². The molecular weight excluding hydrogens is 140 g/mol. The molecule has 2 nitrogen and oxygen atoms in total. The standard InChI is InChI=1S/C9H18O2/c1-4-9(2,3)7-10-5-8-6-11-8/h8H,4-7H2,1-3H3. The van der Waals surface area contributed by atoms with Crippen LogP contribution in [0.1, 0.15) is 27.2 Å². The SMILES string of the molecule is CCC(C)(C)COCC1CO1. The van der Waals surface area contributed by atoms with Crippen LogP contribution in [-0.2, 0) is 9.47 Å². The molecular formula is C9H18O2. The molecule has 0 amide bonds. The first-order valence-electron chi connectivity index (χ1n) is 4.33. The van der Waals surface area contributed by atoms with E-state index >= 15 is 0 Å². The van der Waals surface area contributed by atoms with Crippen molar-refractivity contribution >= 4 is 0 Å². The van der Waals surface area contributed by atoms with Gasteiger partial charge in [0.15, 0.2) is 0 Å². The third kappa shape index (κ3) is 3.73. The molecule has 0 aromatic carbocycles. The van der Waals surface area contributed by atoms with Gasteiger partial charge < -0.3 is 9.47 Å². The minimum absolute atomic E-state index is 0.328. The van der Waals surface area contributed by atoms with Crippen molar-refractivity contribution in [2.45, 2.75) is 33.3 Å². The molecule has 1 unspecified atom stereocenters. The van der Waals surface area contributed by atoms with Crippen LogP contribution in [0.15, 0.2) is 0 Å². The lowest BCUT2D eigenvalue weighted by atomic mass is 9.92. The molecule has 1 atom stereocenters. The zero-order valence-corrected chi connectivity index (χ0v) is 7.72. The van der Waals surface area contributed by atoms with Gasteiger partial charge in [-0.25, -0.2) is 0 Å². The number of hydrogen-bond donors (Lipinski definition) is 0. The predicted octanol–water partition coefficient (Wildman–Crippen LogP) is 1.84. The summed E-state index contributed by atoms with van der Waals surface area (Å²) in [5, 5.41) is 0. The summed E-state index contributed by atoms with van der Waals surface area (Å²) in [6.07, 6.45) is 1.57. The van der Waals surface area contributed by atoms with E-state index in [0.717, 1.165) is 19.8 Å². The second-order valence-electron chi connectivity index (χ2n) is 3.99. The van der Waals surface area contributed by atoms with Gasteiger partial charge in [-0.1, -0.05) is 20.8 Å². The van der Waals surface area contributed by atoms with Crippen molar-refractivity contribution < 1.29 is 9.47 Å². The van der Waals surface area contributed by atoms with Crippen LogP contribution >= 0.6 is 0 Å². The van der Waals surface area contributed by atoms with Crippen molar-refractivity contribution in [3.63, 3.8) is 0 Å². The maximum absolute atomic E-state index is 5.49. The summed E-state index contributed by atoms with van der Waals surface area (Å²) >= 11 is 0. The zero-order chi connectivity index (χ0) is 8.32. The van der Waals surface area contributed by atoms with E-state index in [4.69, 9.17) is 9.47 Å². The lowest BCUT2D eigenvalue weighted by molar-refractivity contribution is 0.0509. The van der Waals surface area contributed by atoms with Crippen molar-refractivity contribution in [3.8, 4) is 0 Å². The molecule has 11 heavy (non-hydrogen) atoms. The van der Waals surface area contributed by atoms with E-state index < -0.39 is 0 Å². The van der Waals surface area contributed by atoms with Gasteiger partial charge in [-0.2, -0.15) is 0 Å². The van der Waals surface area contributed by atoms with Gasteiger partial charge in [0, 0.05) is 0 Å². The van der Waals surface area contributed by atoms with Gasteiger partial charge in [-0.15, -0.1) is 0 Å². The molecule has 0 radical (unpaired) electrons. The second-order valence-corrected chi connectivity index (χ2v) is 3.99. The molecule has 0 spiro atoms. The third-order valence-corrected chi connectivity index (χ3v) is 2.16. The number of rotatable bonds is 5. The fourth-order valence-electron chi connectivity index (χ4n) is 0.733. The fourth-order valence-corrected chi connectivity index (χ4v) is 0.733. The summed E-state index contributed by atoms with van der Waals surface area (Å²) in [6.45, 7) is 9.16. The predicted molar refractivity (Wildman–Crippen MR) is 44.6 cm³/mol. The van der Waals surface area contributed by atoms with Gasteiger partial charge in [0.25, 0.3) is 0 Å². The molecule has 0 aromatic heterocycles. The third-order valence-electron chi connectivity index (χ3n) is 2.16.